The Labute approximate surface area is 204 Å². The fourth-order valence-electron chi connectivity index (χ4n) is 3.41. The van der Waals surface area contributed by atoms with Crippen LogP contribution < -0.4 is 4.90 Å². The summed E-state index contributed by atoms with van der Waals surface area (Å²) in [6.07, 6.45) is 5.15. The second kappa shape index (κ2) is 10.0. The Hall–Kier alpha value is -3.76. The predicted octanol–water partition coefficient (Wildman–Crippen LogP) is 5.41. The molecule has 0 saturated heterocycles. The van der Waals surface area contributed by atoms with Crippen LogP contribution in [0.2, 0.25) is 0 Å². The van der Waals surface area contributed by atoms with Crippen molar-refractivity contribution in [1.29, 1.82) is 0 Å². The molecule has 1 amide bonds. The standard InChI is InChI=1S/C24H20N6O2S2/c1-17(31)30(20-8-3-2-4-9-20)23-26-19(15-33-23)16-34-24-28-27-22(18-7-5-11-25-13-18)29(24)14-21-10-6-12-32-21/h2-13,15H,14,16H2,1H3. The molecule has 0 bridgehead atoms. The summed E-state index contributed by atoms with van der Waals surface area (Å²) in [4.78, 5) is 22.9. The normalized spacial score (nSPS) is 11.0. The lowest BCUT2D eigenvalue weighted by Crippen LogP contribution is -2.22. The molecular formula is C24H20N6O2S2. The topological polar surface area (TPSA) is 89.9 Å². The second-order valence-electron chi connectivity index (χ2n) is 7.31. The first kappa shape index (κ1) is 22.1. The van der Waals surface area contributed by atoms with Crippen molar-refractivity contribution in [2.45, 2.75) is 24.4 Å². The van der Waals surface area contributed by atoms with E-state index >= 15 is 0 Å². The molecule has 4 heterocycles. The molecule has 34 heavy (non-hydrogen) atoms. The number of aromatic nitrogens is 5. The van der Waals surface area contributed by atoms with Gasteiger partial charge in [0.2, 0.25) is 5.91 Å². The molecule has 0 radical (unpaired) electrons. The molecule has 170 valence electrons. The lowest BCUT2D eigenvalue weighted by Gasteiger charge is -2.17. The van der Waals surface area contributed by atoms with Crippen LogP contribution in [0.3, 0.4) is 0 Å². The van der Waals surface area contributed by atoms with Gasteiger partial charge in [0.1, 0.15) is 5.76 Å². The van der Waals surface area contributed by atoms with Crippen LogP contribution in [0.1, 0.15) is 18.4 Å². The fraction of sp³-hybridized carbons (Fsp3) is 0.125. The third kappa shape index (κ3) is 4.78. The van der Waals surface area contributed by atoms with E-state index < -0.39 is 0 Å². The van der Waals surface area contributed by atoms with Gasteiger partial charge in [0.15, 0.2) is 16.1 Å². The van der Waals surface area contributed by atoms with Gasteiger partial charge in [-0.25, -0.2) is 4.98 Å². The smallest absolute Gasteiger partial charge is 0.230 e. The number of amides is 1. The number of pyridine rings is 1. The van der Waals surface area contributed by atoms with Crippen LogP contribution in [0, 0.1) is 0 Å². The van der Waals surface area contributed by atoms with E-state index in [2.05, 4.69) is 15.2 Å². The number of thiazole rings is 1. The fourth-order valence-corrected chi connectivity index (χ4v) is 5.24. The molecule has 5 rings (SSSR count). The summed E-state index contributed by atoms with van der Waals surface area (Å²) >= 11 is 2.98. The van der Waals surface area contributed by atoms with E-state index in [9.17, 15) is 4.79 Å². The minimum absolute atomic E-state index is 0.0842. The number of carbonyl (C=O) groups excluding carboxylic acids is 1. The van der Waals surface area contributed by atoms with E-state index in [1.165, 1.54) is 23.1 Å². The van der Waals surface area contributed by atoms with Crippen molar-refractivity contribution in [3.8, 4) is 11.4 Å². The minimum atomic E-state index is -0.0842. The first-order valence-corrected chi connectivity index (χ1v) is 12.3. The molecule has 0 aliphatic rings. The van der Waals surface area contributed by atoms with Crippen molar-refractivity contribution in [1.82, 2.24) is 24.7 Å². The number of furan rings is 1. The summed E-state index contributed by atoms with van der Waals surface area (Å²) in [7, 11) is 0. The van der Waals surface area contributed by atoms with Crippen LogP contribution in [0.5, 0.6) is 0 Å². The highest BCUT2D eigenvalue weighted by atomic mass is 32.2. The molecule has 10 heteroatoms. The van der Waals surface area contributed by atoms with Gasteiger partial charge in [0.25, 0.3) is 0 Å². The Morgan fingerprint density at radius 1 is 1.12 bits per heavy atom. The van der Waals surface area contributed by atoms with Gasteiger partial charge >= 0.3 is 0 Å². The van der Waals surface area contributed by atoms with Gasteiger partial charge in [-0.1, -0.05) is 30.0 Å². The Bertz CT molecular complexity index is 1370. The molecule has 0 atom stereocenters. The van der Waals surface area contributed by atoms with Gasteiger partial charge in [0.05, 0.1) is 24.2 Å². The first-order chi connectivity index (χ1) is 16.7. The van der Waals surface area contributed by atoms with Gasteiger partial charge in [0, 0.05) is 36.0 Å². The van der Waals surface area contributed by atoms with E-state index in [0.717, 1.165) is 33.7 Å². The lowest BCUT2D eigenvalue weighted by atomic mass is 10.2. The summed E-state index contributed by atoms with van der Waals surface area (Å²) in [6, 6.07) is 17.1. The van der Waals surface area contributed by atoms with Crippen molar-refractivity contribution < 1.29 is 9.21 Å². The van der Waals surface area contributed by atoms with Crippen LogP contribution in [0.15, 0.2) is 88.2 Å². The highest BCUT2D eigenvalue weighted by Crippen LogP contribution is 2.32. The largest absolute Gasteiger partial charge is 0.467 e. The molecule has 5 aromatic rings. The molecule has 0 fully saturated rings. The van der Waals surface area contributed by atoms with Gasteiger partial charge in [-0.3, -0.25) is 19.2 Å². The average molecular weight is 489 g/mol. The number of benzene rings is 1. The maximum atomic E-state index is 12.3. The molecular weight excluding hydrogens is 468 g/mol. The SMILES string of the molecule is CC(=O)N(c1ccccc1)c1nc(CSc2nnc(-c3cccnc3)n2Cc2ccco2)cs1. The summed E-state index contributed by atoms with van der Waals surface area (Å²) < 4.78 is 7.57. The van der Waals surface area contributed by atoms with Crippen LogP contribution in [0.25, 0.3) is 11.4 Å². The van der Waals surface area contributed by atoms with Gasteiger partial charge in [-0.05, 0) is 36.4 Å². The molecule has 0 aliphatic heterocycles. The van der Waals surface area contributed by atoms with E-state index in [1.54, 1.807) is 30.5 Å². The maximum absolute atomic E-state index is 12.3. The van der Waals surface area contributed by atoms with Gasteiger partial charge in [-0.15, -0.1) is 21.5 Å². The van der Waals surface area contributed by atoms with Crippen LogP contribution in [0.4, 0.5) is 10.8 Å². The Balaban J connectivity index is 1.38. The number of rotatable bonds is 8. The number of nitrogens with zero attached hydrogens (tertiary/aromatic N) is 6. The molecule has 1 aromatic carbocycles. The monoisotopic (exact) mass is 488 g/mol. The van der Waals surface area contributed by atoms with Crippen molar-refractivity contribution in [2.75, 3.05) is 4.90 Å². The maximum Gasteiger partial charge on any atom is 0.230 e. The third-order valence-corrected chi connectivity index (χ3v) is 6.81. The third-order valence-electron chi connectivity index (χ3n) is 4.94. The Morgan fingerprint density at radius 2 is 2.00 bits per heavy atom. The summed E-state index contributed by atoms with van der Waals surface area (Å²) in [5.74, 6) is 2.03. The number of carbonyl (C=O) groups is 1. The minimum Gasteiger partial charge on any atom is -0.467 e. The van der Waals surface area contributed by atoms with E-state index in [4.69, 9.17) is 9.40 Å². The number of hydrogen-bond acceptors (Lipinski definition) is 8. The quantitative estimate of drug-likeness (QED) is 0.270. The summed E-state index contributed by atoms with van der Waals surface area (Å²) in [6.45, 7) is 2.04. The second-order valence-corrected chi connectivity index (χ2v) is 9.09. The summed E-state index contributed by atoms with van der Waals surface area (Å²) in [5.41, 5.74) is 2.54. The highest BCUT2D eigenvalue weighted by molar-refractivity contribution is 7.98. The zero-order valence-corrected chi connectivity index (χ0v) is 19.9. The Morgan fingerprint density at radius 3 is 2.74 bits per heavy atom. The zero-order valence-electron chi connectivity index (χ0n) is 18.2. The van der Waals surface area contributed by atoms with E-state index in [0.29, 0.717) is 17.4 Å². The van der Waals surface area contributed by atoms with Crippen molar-refractivity contribution in [3.63, 3.8) is 0 Å². The van der Waals surface area contributed by atoms with Crippen molar-refractivity contribution in [3.05, 3.63) is 90.1 Å². The van der Waals surface area contributed by atoms with Crippen molar-refractivity contribution in [2.24, 2.45) is 0 Å². The molecule has 0 aliphatic carbocycles. The van der Waals surface area contributed by atoms with E-state index in [-0.39, 0.29) is 5.91 Å². The molecule has 0 spiro atoms. The number of anilines is 2. The summed E-state index contributed by atoms with van der Waals surface area (Å²) in [5, 5.41) is 12.2. The number of hydrogen-bond donors (Lipinski definition) is 0. The lowest BCUT2D eigenvalue weighted by molar-refractivity contribution is -0.115. The number of thioether (sulfide) groups is 1. The Kier molecular flexibility index (Phi) is 6.50. The zero-order chi connectivity index (χ0) is 23.3. The van der Waals surface area contributed by atoms with Crippen LogP contribution in [-0.4, -0.2) is 30.6 Å². The van der Waals surface area contributed by atoms with E-state index in [1.807, 2.05) is 64.5 Å². The molecule has 0 N–H and O–H groups in total. The van der Waals surface area contributed by atoms with Crippen molar-refractivity contribution >= 4 is 39.8 Å². The molecule has 8 nitrogen and oxygen atoms in total. The van der Waals surface area contributed by atoms with Gasteiger partial charge in [-0.2, -0.15) is 0 Å². The first-order valence-electron chi connectivity index (χ1n) is 10.5. The van der Waals surface area contributed by atoms with Gasteiger partial charge < -0.3 is 4.42 Å². The average Bonchev–Trinajstić information content (AvgIpc) is 3.62. The molecule has 4 aromatic heterocycles. The van der Waals surface area contributed by atoms with Crippen LogP contribution >= 0.6 is 23.1 Å². The molecule has 0 saturated carbocycles. The molecule has 0 unspecified atom stereocenters. The van der Waals surface area contributed by atoms with Crippen LogP contribution in [-0.2, 0) is 17.1 Å². The predicted molar refractivity (Wildman–Crippen MR) is 132 cm³/mol. The highest BCUT2D eigenvalue weighted by Gasteiger charge is 2.19. The number of para-hydroxylation sites is 1.